The molecule has 0 aliphatic carbocycles. The van der Waals surface area contributed by atoms with Gasteiger partial charge in [0.2, 0.25) is 0 Å². The number of fused-ring (bicyclic) bond motifs is 1. The van der Waals surface area contributed by atoms with E-state index in [1.807, 2.05) is 12.1 Å². The monoisotopic (exact) mass is 367 g/mol. The quantitative estimate of drug-likeness (QED) is 0.440. The van der Waals surface area contributed by atoms with Gasteiger partial charge >= 0.3 is 5.97 Å². The van der Waals surface area contributed by atoms with Crippen LogP contribution in [0.3, 0.4) is 0 Å². The zero-order chi connectivity index (χ0) is 19.7. The van der Waals surface area contributed by atoms with E-state index >= 15 is 0 Å². The van der Waals surface area contributed by atoms with Crippen molar-refractivity contribution in [3.8, 4) is 0 Å². The average Bonchev–Trinajstić information content (AvgIpc) is 2.71. The predicted molar refractivity (Wildman–Crippen MR) is 115 cm³/mol. The standard InChI is InChI=1S/C25H21NO2/c1-17-9-13-20(14-10-17)26(21-15-11-19(12-16-21)25(27)28)24-8-4-6-22-18(2)5-3-7-23(22)24/h3-16H,1-2H3,(H,27,28). The molecule has 4 rings (SSSR count). The number of benzene rings is 4. The van der Waals surface area contributed by atoms with Gasteiger partial charge in [0.1, 0.15) is 0 Å². The molecule has 0 aromatic heterocycles. The number of aromatic carboxylic acids is 1. The molecule has 4 aromatic carbocycles. The second-order valence-corrected chi connectivity index (χ2v) is 6.97. The number of nitrogens with zero attached hydrogens (tertiary/aromatic N) is 1. The molecule has 138 valence electrons. The Bertz CT molecular complexity index is 1150. The molecule has 0 unspecified atom stereocenters. The van der Waals surface area contributed by atoms with Crippen LogP contribution in [0, 0.1) is 13.8 Å². The van der Waals surface area contributed by atoms with Crippen molar-refractivity contribution in [3.63, 3.8) is 0 Å². The molecule has 0 heterocycles. The summed E-state index contributed by atoms with van der Waals surface area (Å²) in [6.45, 7) is 4.18. The summed E-state index contributed by atoms with van der Waals surface area (Å²) in [5, 5.41) is 11.6. The van der Waals surface area contributed by atoms with Crippen LogP contribution in [0.4, 0.5) is 17.1 Å². The molecule has 1 N–H and O–H groups in total. The minimum absolute atomic E-state index is 0.279. The van der Waals surface area contributed by atoms with Crippen LogP contribution in [0.25, 0.3) is 10.8 Å². The fraction of sp³-hybridized carbons (Fsp3) is 0.0800. The Morgan fingerprint density at radius 1 is 0.714 bits per heavy atom. The van der Waals surface area contributed by atoms with Gasteiger partial charge in [-0.25, -0.2) is 4.79 Å². The van der Waals surface area contributed by atoms with Crippen molar-refractivity contribution in [1.82, 2.24) is 0 Å². The molecule has 3 nitrogen and oxygen atoms in total. The van der Waals surface area contributed by atoms with Crippen molar-refractivity contribution in [2.24, 2.45) is 0 Å². The number of carboxylic acids is 1. The van der Waals surface area contributed by atoms with Crippen LogP contribution >= 0.6 is 0 Å². The predicted octanol–water partition coefficient (Wildman–Crippen LogP) is 6.62. The minimum Gasteiger partial charge on any atom is -0.478 e. The molecule has 0 aliphatic rings. The molecule has 0 saturated carbocycles. The molecule has 4 aromatic rings. The number of aryl methyl sites for hydroxylation is 2. The molecule has 0 amide bonds. The maximum Gasteiger partial charge on any atom is 0.335 e. The SMILES string of the molecule is Cc1ccc(N(c2ccc(C(=O)O)cc2)c2cccc3c(C)cccc23)cc1. The lowest BCUT2D eigenvalue weighted by atomic mass is 10.0. The zero-order valence-corrected chi connectivity index (χ0v) is 15.9. The van der Waals surface area contributed by atoms with E-state index in [-0.39, 0.29) is 5.56 Å². The summed E-state index contributed by atoms with van der Waals surface area (Å²) in [4.78, 5) is 13.4. The number of carboxylic acid groups (broad SMARTS) is 1. The van der Waals surface area contributed by atoms with Crippen LogP contribution in [-0.2, 0) is 0 Å². The second kappa shape index (κ2) is 7.20. The number of anilines is 3. The molecule has 0 bridgehead atoms. The van der Waals surface area contributed by atoms with Crippen molar-refractivity contribution in [3.05, 3.63) is 102 Å². The summed E-state index contributed by atoms with van der Waals surface area (Å²) in [5.74, 6) is -0.922. The van der Waals surface area contributed by atoms with Gasteiger partial charge < -0.3 is 10.0 Å². The third kappa shape index (κ3) is 3.23. The van der Waals surface area contributed by atoms with E-state index in [4.69, 9.17) is 0 Å². The smallest absolute Gasteiger partial charge is 0.335 e. The molecule has 3 heteroatoms. The topological polar surface area (TPSA) is 40.5 Å². The fourth-order valence-electron chi connectivity index (χ4n) is 3.52. The highest BCUT2D eigenvalue weighted by atomic mass is 16.4. The van der Waals surface area contributed by atoms with Crippen LogP contribution in [0.15, 0.2) is 84.9 Å². The lowest BCUT2D eigenvalue weighted by Gasteiger charge is -2.27. The van der Waals surface area contributed by atoms with Crippen LogP contribution < -0.4 is 4.90 Å². The van der Waals surface area contributed by atoms with Crippen molar-refractivity contribution in [2.45, 2.75) is 13.8 Å². The van der Waals surface area contributed by atoms with Gasteiger partial charge in [-0.1, -0.05) is 48.0 Å². The van der Waals surface area contributed by atoms with Crippen molar-refractivity contribution in [1.29, 1.82) is 0 Å². The average molecular weight is 367 g/mol. The largest absolute Gasteiger partial charge is 0.478 e. The number of carbonyl (C=O) groups is 1. The molecule has 0 radical (unpaired) electrons. The van der Waals surface area contributed by atoms with Crippen molar-refractivity contribution < 1.29 is 9.90 Å². The van der Waals surface area contributed by atoms with E-state index in [2.05, 4.69) is 79.4 Å². The summed E-state index contributed by atoms with van der Waals surface area (Å²) in [7, 11) is 0. The van der Waals surface area contributed by atoms with Crippen molar-refractivity contribution >= 4 is 33.8 Å². The van der Waals surface area contributed by atoms with Gasteiger partial charge in [-0.05, 0) is 67.3 Å². The van der Waals surface area contributed by atoms with Crippen LogP contribution in [0.1, 0.15) is 21.5 Å². The minimum atomic E-state index is -0.922. The molecular weight excluding hydrogens is 346 g/mol. The highest BCUT2D eigenvalue weighted by Gasteiger charge is 2.16. The van der Waals surface area contributed by atoms with E-state index in [1.54, 1.807) is 12.1 Å². The van der Waals surface area contributed by atoms with E-state index in [0.29, 0.717) is 0 Å². The lowest BCUT2D eigenvalue weighted by molar-refractivity contribution is 0.0697. The Morgan fingerprint density at radius 2 is 1.29 bits per heavy atom. The first-order chi connectivity index (χ1) is 13.5. The van der Waals surface area contributed by atoms with Gasteiger partial charge in [0, 0.05) is 16.8 Å². The Labute approximate surface area is 164 Å². The van der Waals surface area contributed by atoms with E-state index in [9.17, 15) is 9.90 Å². The Balaban J connectivity index is 1.95. The first-order valence-corrected chi connectivity index (χ1v) is 9.23. The first kappa shape index (κ1) is 17.8. The number of hydrogen-bond donors (Lipinski definition) is 1. The van der Waals surface area contributed by atoms with E-state index < -0.39 is 5.97 Å². The maximum absolute atomic E-state index is 11.3. The van der Waals surface area contributed by atoms with Gasteiger partial charge in [0.05, 0.1) is 11.3 Å². The van der Waals surface area contributed by atoms with Gasteiger partial charge in [0.15, 0.2) is 0 Å². The van der Waals surface area contributed by atoms with Crippen LogP contribution in [-0.4, -0.2) is 11.1 Å². The van der Waals surface area contributed by atoms with Gasteiger partial charge in [-0.15, -0.1) is 0 Å². The third-order valence-corrected chi connectivity index (χ3v) is 5.02. The molecule has 0 aliphatic heterocycles. The Morgan fingerprint density at radius 3 is 1.93 bits per heavy atom. The van der Waals surface area contributed by atoms with E-state index in [0.717, 1.165) is 22.4 Å². The Hall–Kier alpha value is -3.59. The summed E-state index contributed by atoms with van der Waals surface area (Å²) >= 11 is 0. The summed E-state index contributed by atoms with van der Waals surface area (Å²) in [5.41, 5.74) is 5.71. The normalized spacial score (nSPS) is 10.8. The van der Waals surface area contributed by atoms with Crippen LogP contribution in [0.2, 0.25) is 0 Å². The van der Waals surface area contributed by atoms with Gasteiger partial charge in [-0.3, -0.25) is 0 Å². The van der Waals surface area contributed by atoms with Gasteiger partial charge in [-0.2, -0.15) is 0 Å². The number of hydrogen-bond acceptors (Lipinski definition) is 2. The molecule has 0 fully saturated rings. The summed E-state index contributed by atoms with van der Waals surface area (Å²) < 4.78 is 0. The fourth-order valence-corrected chi connectivity index (χ4v) is 3.52. The van der Waals surface area contributed by atoms with E-state index in [1.165, 1.54) is 16.5 Å². The Kier molecular flexibility index (Phi) is 4.58. The van der Waals surface area contributed by atoms with Crippen molar-refractivity contribution in [2.75, 3.05) is 4.90 Å². The molecule has 0 saturated heterocycles. The summed E-state index contributed by atoms with van der Waals surface area (Å²) in [6, 6.07) is 28.0. The molecular formula is C25H21NO2. The lowest BCUT2D eigenvalue weighted by Crippen LogP contribution is -2.11. The molecule has 28 heavy (non-hydrogen) atoms. The van der Waals surface area contributed by atoms with Gasteiger partial charge in [0.25, 0.3) is 0 Å². The zero-order valence-electron chi connectivity index (χ0n) is 15.9. The maximum atomic E-state index is 11.3. The molecule has 0 spiro atoms. The third-order valence-electron chi connectivity index (χ3n) is 5.02. The second-order valence-electron chi connectivity index (χ2n) is 6.97. The molecule has 0 atom stereocenters. The highest BCUT2D eigenvalue weighted by Crippen LogP contribution is 2.39. The number of rotatable bonds is 4. The van der Waals surface area contributed by atoms with Crippen LogP contribution in [0.5, 0.6) is 0 Å². The first-order valence-electron chi connectivity index (χ1n) is 9.23. The summed E-state index contributed by atoms with van der Waals surface area (Å²) in [6.07, 6.45) is 0. The highest BCUT2D eigenvalue weighted by molar-refractivity contribution is 6.00.